The molecule has 0 atom stereocenters. The average Bonchev–Trinajstić information content (AvgIpc) is 2.46. The molecule has 2 aromatic rings. The highest BCUT2D eigenvalue weighted by Gasteiger charge is 2.19. The van der Waals surface area contributed by atoms with Crippen molar-refractivity contribution in [2.45, 2.75) is 6.54 Å². The largest absolute Gasteiger partial charge is 0.380 e. The third kappa shape index (κ3) is 3.52. The molecule has 0 fully saturated rings. The summed E-state index contributed by atoms with van der Waals surface area (Å²) in [7, 11) is 0. The number of nitrogens with zero attached hydrogens (tertiary/aromatic N) is 3. The maximum atomic E-state index is 11.9. The standard InChI is InChI=1S/C13H12N4O3/c18-13(15-17(19)20)16(12-6-2-1-3-7-12)10-11-5-4-8-14-9-11/h1-9H,10H2,(H,15,18). The molecular formula is C13H12N4O3. The zero-order chi connectivity index (χ0) is 14.4. The van der Waals surface area contributed by atoms with E-state index in [0.29, 0.717) is 5.69 Å². The van der Waals surface area contributed by atoms with E-state index in [9.17, 15) is 14.9 Å². The molecule has 0 saturated heterocycles. The second-order valence-electron chi connectivity index (χ2n) is 3.96. The van der Waals surface area contributed by atoms with Crippen LogP contribution in [0.3, 0.4) is 0 Å². The molecular weight excluding hydrogens is 260 g/mol. The fourth-order valence-corrected chi connectivity index (χ4v) is 1.70. The van der Waals surface area contributed by atoms with Gasteiger partial charge in [0.1, 0.15) is 0 Å². The highest BCUT2D eigenvalue weighted by Crippen LogP contribution is 2.16. The van der Waals surface area contributed by atoms with E-state index in [-0.39, 0.29) is 6.54 Å². The minimum atomic E-state index is -0.873. The highest BCUT2D eigenvalue weighted by atomic mass is 16.7. The van der Waals surface area contributed by atoms with Crippen LogP contribution in [-0.4, -0.2) is 16.0 Å². The summed E-state index contributed by atoms with van der Waals surface area (Å²) in [6.07, 6.45) is 3.23. The monoisotopic (exact) mass is 272 g/mol. The van der Waals surface area contributed by atoms with Crippen LogP contribution in [0, 0.1) is 10.1 Å². The van der Waals surface area contributed by atoms with Crippen LogP contribution < -0.4 is 10.3 Å². The number of para-hydroxylation sites is 1. The van der Waals surface area contributed by atoms with Gasteiger partial charge in [-0.2, -0.15) is 0 Å². The molecule has 1 aromatic heterocycles. The fourth-order valence-electron chi connectivity index (χ4n) is 1.70. The Labute approximate surface area is 115 Å². The third-order valence-corrected chi connectivity index (χ3v) is 2.56. The number of rotatable bonds is 4. The highest BCUT2D eigenvalue weighted by molar-refractivity contribution is 5.91. The third-order valence-electron chi connectivity index (χ3n) is 2.56. The van der Waals surface area contributed by atoms with Crippen molar-refractivity contribution >= 4 is 11.7 Å². The molecule has 2 amide bonds. The zero-order valence-corrected chi connectivity index (χ0v) is 10.5. The molecule has 0 aliphatic carbocycles. The number of benzene rings is 1. The Morgan fingerprint density at radius 1 is 1.25 bits per heavy atom. The molecule has 0 aliphatic rings. The van der Waals surface area contributed by atoms with Crippen molar-refractivity contribution < 1.29 is 9.83 Å². The average molecular weight is 272 g/mol. The molecule has 0 unspecified atom stereocenters. The number of amides is 2. The number of anilines is 1. The Kier molecular flexibility index (Phi) is 4.23. The Morgan fingerprint density at radius 3 is 2.60 bits per heavy atom. The molecule has 1 heterocycles. The molecule has 20 heavy (non-hydrogen) atoms. The van der Waals surface area contributed by atoms with Crippen molar-refractivity contribution in [1.29, 1.82) is 0 Å². The molecule has 1 aromatic carbocycles. The Bertz CT molecular complexity index is 589. The van der Waals surface area contributed by atoms with E-state index in [1.165, 1.54) is 4.90 Å². The maximum absolute atomic E-state index is 11.9. The van der Waals surface area contributed by atoms with Crippen LogP contribution in [0.5, 0.6) is 0 Å². The van der Waals surface area contributed by atoms with E-state index in [1.807, 2.05) is 0 Å². The number of aromatic nitrogens is 1. The molecule has 102 valence electrons. The molecule has 0 aliphatic heterocycles. The first-order valence-corrected chi connectivity index (χ1v) is 5.83. The number of hydrogen-bond donors (Lipinski definition) is 1. The SMILES string of the molecule is O=C(N[N+](=O)[O-])N(Cc1cccnc1)c1ccccc1. The van der Waals surface area contributed by atoms with Gasteiger partial charge >= 0.3 is 6.03 Å². The van der Waals surface area contributed by atoms with Gasteiger partial charge in [0.05, 0.1) is 6.54 Å². The van der Waals surface area contributed by atoms with Crippen LogP contribution in [0.15, 0.2) is 54.9 Å². The molecule has 0 bridgehead atoms. The van der Waals surface area contributed by atoms with E-state index in [0.717, 1.165) is 5.56 Å². The first-order chi connectivity index (χ1) is 9.66. The van der Waals surface area contributed by atoms with Crippen LogP contribution in [0.1, 0.15) is 5.56 Å². The number of pyridine rings is 1. The number of urea groups is 1. The van der Waals surface area contributed by atoms with Gasteiger partial charge in [-0.1, -0.05) is 24.3 Å². The Morgan fingerprint density at radius 2 is 2.00 bits per heavy atom. The zero-order valence-electron chi connectivity index (χ0n) is 10.5. The molecule has 0 radical (unpaired) electrons. The summed E-state index contributed by atoms with van der Waals surface area (Å²) in [5.74, 6) is 0. The van der Waals surface area contributed by atoms with Gasteiger partial charge in [-0.25, -0.2) is 14.9 Å². The maximum Gasteiger partial charge on any atom is 0.380 e. The minimum absolute atomic E-state index is 0.192. The van der Waals surface area contributed by atoms with E-state index in [4.69, 9.17) is 0 Å². The fraction of sp³-hybridized carbons (Fsp3) is 0.0769. The smallest absolute Gasteiger partial charge is 0.286 e. The predicted molar refractivity (Wildman–Crippen MR) is 72.4 cm³/mol. The van der Waals surface area contributed by atoms with Crippen molar-refractivity contribution in [3.05, 3.63) is 70.5 Å². The first kappa shape index (κ1) is 13.5. The lowest BCUT2D eigenvalue weighted by molar-refractivity contribution is -0.527. The van der Waals surface area contributed by atoms with Gasteiger partial charge in [-0.3, -0.25) is 9.88 Å². The molecule has 7 heteroatoms. The normalized spacial score (nSPS) is 9.80. The summed E-state index contributed by atoms with van der Waals surface area (Å²) in [6, 6.07) is 11.5. The molecule has 1 N–H and O–H groups in total. The van der Waals surface area contributed by atoms with E-state index in [2.05, 4.69) is 4.98 Å². The van der Waals surface area contributed by atoms with E-state index < -0.39 is 11.1 Å². The first-order valence-electron chi connectivity index (χ1n) is 5.83. The number of carbonyl (C=O) groups is 1. The van der Waals surface area contributed by atoms with Crippen molar-refractivity contribution in [1.82, 2.24) is 10.4 Å². The number of nitrogens with one attached hydrogen (secondary N) is 1. The lowest BCUT2D eigenvalue weighted by Gasteiger charge is -2.20. The molecule has 0 spiro atoms. The quantitative estimate of drug-likeness (QED) is 0.681. The summed E-state index contributed by atoms with van der Waals surface area (Å²) in [5.41, 5.74) is 2.99. The predicted octanol–water partition coefficient (Wildman–Crippen LogP) is 1.99. The van der Waals surface area contributed by atoms with Crippen LogP contribution in [0.25, 0.3) is 0 Å². The summed E-state index contributed by atoms with van der Waals surface area (Å²) < 4.78 is 0. The second-order valence-corrected chi connectivity index (χ2v) is 3.96. The number of carbonyl (C=O) groups excluding carboxylic acids is 1. The van der Waals surface area contributed by atoms with Crippen LogP contribution in [0.2, 0.25) is 0 Å². The van der Waals surface area contributed by atoms with Crippen LogP contribution in [0.4, 0.5) is 10.5 Å². The Balaban J connectivity index is 2.25. The van der Waals surface area contributed by atoms with Gasteiger partial charge in [0.25, 0.3) is 0 Å². The minimum Gasteiger partial charge on any atom is -0.286 e. The van der Waals surface area contributed by atoms with E-state index in [1.54, 1.807) is 60.3 Å². The van der Waals surface area contributed by atoms with Gasteiger partial charge < -0.3 is 0 Å². The van der Waals surface area contributed by atoms with Gasteiger partial charge in [0.15, 0.2) is 5.03 Å². The summed E-state index contributed by atoms with van der Waals surface area (Å²) in [6.45, 7) is 0.192. The lowest BCUT2D eigenvalue weighted by atomic mass is 10.2. The molecule has 2 rings (SSSR count). The second kappa shape index (κ2) is 6.28. The van der Waals surface area contributed by atoms with Crippen molar-refractivity contribution in [2.24, 2.45) is 0 Å². The topological polar surface area (TPSA) is 88.4 Å². The van der Waals surface area contributed by atoms with Crippen LogP contribution >= 0.6 is 0 Å². The van der Waals surface area contributed by atoms with Gasteiger partial charge in [-0.15, -0.1) is 0 Å². The lowest BCUT2D eigenvalue weighted by Crippen LogP contribution is -2.42. The number of hydrazine groups is 1. The van der Waals surface area contributed by atoms with E-state index >= 15 is 0 Å². The number of hydrogen-bond acceptors (Lipinski definition) is 4. The van der Waals surface area contributed by atoms with Crippen molar-refractivity contribution in [2.75, 3.05) is 4.90 Å². The van der Waals surface area contributed by atoms with Crippen LogP contribution in [-0.2, 0) is 6.54 Å². The molecule has 7 nitrogen and oxygen atoms in total. The van der Waals surface area contributed by atoms with Crippen molar-refractivity contribution in [3.8, 4) is 0 Å². The molecule has 0 saturated carbocycles. The van der Waals surface area contributed by atoms with Crippen molar-refractivity contribution in [3.63, 3.8) is 0 Å². The number of nitro groups is 1. The van der Waals surface area contributed by atoms with Gasteiger partial charge in [0, 0.05) is 18.1 Å². The Hall–Kier alpha value is -2.96. The summed E-state index contributed by atoms with van der Waals surface area (Å²) >= 11 is 0. The summed E-state index contributed by atoms with van der Waals surface area (Å²) in [5, 5.41) is 9.56. The summed E-state index contributed by atoms with van der Waals surface area (Å²) in [4.78, 5) is 27.6. The van der Waals surface area contributed by atoms with Gasteiger partial charge in [0.2, 0.25) is 0 Å². The van der Waals surface area contributed by atoms with Gasteiger partial charge in [-0.05, 0) is 29.2 Å².